The molecule has 1 aliphatic heterocycles. The van der Waals surface area contributed by atoms with E-state index < -0.39 is 12.0 Å². The molecule has 1 heterocycles. The van der Waals surface area contributed by atoms with E-state index >= 15 is 0 Å². The third-order valence-electron chi connectivity index (χ3n) is 3.01. The van der Waals surface area contributed by atoms with Gasteiger partial charge in [-0.1, -0.05) is 29.8 Å². The normalized spacial score (nSPS) is 21.1. The standard InChI is InChI=1S/C13H15NO3S/c1-8-4-3-5-10(6-8)12-14(9(2)13(16)17)11(15)7-18-12/h3-6,9,12H,7H2,1-2H3,(H,16,17). The molecule has 4 nitrogen and oxygen atoms in total. The average molecular weight is 265 g/mol. The molecule has 1 amide bonds. The topological polar surface area (TPSA) is 57.6 Å². The maximum atomic E-state index is 11.8. The molecule has 1 saturated heterocycles. The summed E-state index contributed by atoms with van der Waals surface area (Å²) in [6, 6.07) is 7.05. The van der Waals surface area contributed by atoms with E-state index in [4.69, 9.17) is 5.11 Å². The molecular formula is C13H15NO3S. The van der Waals surface area contributed by atoms with Gasteiger partial charge >= 0.3 is 5.97 Å². The van der Waals surface area contributed by atoms with Crippen molar-refractivity contribution in [1.82, 2.24) is 4.90 Å². The number of benzene rings is 1. The fourth-order valence-electron chi connectivity index (χ4n) is 2.05. The zero-order valence-electron chi connectivity index (χ0n) is 10.3. The first-order valence-corrected chi connectivity index (χ1v) is 6.77. The van der Waals surface area contributed by atoms with Crippen molar-refractivity contribution in [1.29, 1.82) is 0 Å². The molecule has 5 heteroatoms. The molecule has 96 valence electrons. The van der Waals surface area contributed by atoms with Gasteiger partial charge in [-0.2, -0.15) is 0 Å². The van der Waals surface area contributed by atoms with Gasteiger partial charge < -0.3 is 10.0 Å². The summed E-state index contributed by atoms with van der Waals surface area (Å²) in [5.41, 5.74) is 2.09. The van der Waals surface area contributed by atoms with Crippen molar-refractivity contribution in [2.45, 2.75) is 25.3 Å². The minimum atomic E-state index is -0.969. The molecule has 1 N–H and O–H groups in total. The van der Waals surface area contributed by atoms with Crippen molar-refractivity contribution in [3.63, 3.8) is 0 Å². The number of carbonyl (C=O) groups excluding carboxylic acids is 1. The SMILES string of the molecule is Cc1cccc(C2SCC(=O)N2C(C)C(=O)O)c1. The van der Waals surface area contributed by atoms with Crippen LogP contribution in [0.15, 0.2) is 24.3 Å². The lowest BCUT2D eigenvalue weighted by atomic mass is 10.1. The van der Waals surface area contributed by atoms with Gasteiger partial charge in [-0.15, -0.1) is 11.8 Å². The molecule has 2 unspecified atom stereocenters. The third kappa shape index (κ3) is 2.36. The second-order valence-corrected chi connectivity index (χ2v) is 5.46. The van der Waals surface area contributed by atoms with Crippen molar-refractivity contribution in [2.24, 2.45) is 0 Å². The summed E-state index contributed by atoms with van der Waals surface area (Å²) in [5, 5.41) is 8.89. The van der Waals surface area contributed by atoms with E-state index in [2.05, 4.69) is 0 Å². The first kappa shape index (κ1) is 13.0. The minimum Gasteiger partial charge on any atom is -0.480 e. The molecule has 0 aliphatic carbocycles. The van der Waals surface area contributed by atoms with Crippen molar-refractivity contribution in [3.8, 4) is 0 Å². The smallest absolute Gasteiger partial charge is 0.326 e. The summed E-state index contributed by atoms with van der Waals surface area (Å²) in [7, 11) is 0. The Balaban J connectivity index is 2.32. The lowest BCUT2D eigenvalue weighted by molar-refractivity contribution is -0.148. The average Bonchev–Trinajstić information content (AvgIpc) is 2.70. The Kier molecular flexibility index (Phi) is 3.61. The molecule has 0 aromatic heterocycles. The van der Waals surface area contributed by atoms with E-state index in [9.17, 15) is 9.59 Å². The van der Waals surface area contributed by atoms with Gasteiger partial charge in [0, 0.05) is 0 Å². The van der Waals surface area contributed by atoms with Crippen LogP contribution in [0.5, 0.6) is 0 Å². The molecule has 18 heavy (non-hydrogen) atoms. The monoisotopic (exact) mass is 265 g/mol. The van der Waals surface area contributed by atoms with Crippen LogP contribution in [0.2, 0.25) is 0 Å². The first-order chi connectivity index (χ1) is 8.50. The third-order valence-corrected chi connectivity index (χ3v) is 4.24. The molecule has 1 aromatic carbocycles. The summed E-state index contributed by atoms with van der Waals surface area (Å²) in [4.78, 5) is 24.4. The predicted molar refractivity (Wildman–Crippen MR) is 70.3 cm³/mol. The first-order valence-electron chi connectivity index (χ1n) is 5.73. The van der Waals surface area contributed by atoms with Gasteiger partial charge in [0.25, 0.3) is 0 Å². The van der Waals surface area contributed by atoms with Crippen LogP contribution >= 0.6 is 11.8 Å². The van der Waals surface area contributed by atoms with E-state index in [0.717, 1.165) is 11.1 Å². The molecular weight excluding hydrogens is 250 g/mol. The summed E-state index contributed by atoms with van der Waals surface area (Å²) in [5.74, 6) is -0.735. The van der Waals surface area contributed by atoms with Crippen LogP contribution in [0, 0.1) is 6.92 Å². The van der Waals surface area contributed by atoms with E-state index in [1.807, 2.05) is 31.2 Å². The zero-order chi connectivity index (χ0) is 13.3. The number of hydrogen-bond acceptors (Lipinski definition) is 3. The fraction of sp³-hybridized carbons (Fsp3) is 0.385. The Hall–Kier alpha value is -1.49. The molecule has 0 radical (unpaired) electrons. The van der Waals surface area contributed by atoms with Crippen LogP contribution in [0.3, 0.4) is 0 Å². The number of amides is 1. The largest absolute Gasteiger partial charge is 0.480 e. The summed E-state index contributed by atoms with van der Waals surface area (Å²) >= 11 is 1.48. The molecule has 0 saturated carbocycles. The molecule has 1 fully saturated rings. The van der Waals surface area contributed by atoms with E-state index in [1.54, 1.807) is 6.92 Å². The van der Waals surface area contributed by atoms with Crippen molar-refractivity contribution in [2.75, 3.05) is 5.75 Å². The van der Waals surface area contributed by atoms with Crippen LogP contribution in [0.1, 0.15) is 23.4 Å². The second kappa shape index (κ2) is 5.02. The molecule has 1 aliphatic rings. The second-order valence-electron chi connectivity index (χ2n) is 4.39. The summed E-state index contributed by atoms with van der Waals surface area (Å²) in [6.45, 7) is 3.53. The highest BCUT2D eigenvalue weighted by atomic mass is 32.2. The number of aliphatic carboxylic acids is 1. The number of nitrogens with zero attached hydrogens (tertiary/aromatic N) is 1. The predicted octanol–water partition coefficient (Wildman–Crippen LogP) is 2.04. The molecule has 2 atom stereocenters. The maximum Gasteiger partial charge on any atom is 0.326 e. The lowest BCUT2D eigenvalue weighted by Gasteiger charge is -2.27. The molecule has 1 aromatic rings. The fourth-order valence-corrected chi connectivity index (χ4v) is 3.30. The van der Waals surface area contributed by atoms with Gasteiger partial charge in [0.2, 0.25) is 5.91 Å². The Bertz CT molecular complexity index is 489. The highest BCUT2D eigenvalue weighted by Crippen LogP contribution is 2.40. The van der Waals surface area contributed by atoms with Gasteiger partial charge in [0.15, 0.2) is 0 Å². The Morgan fingerprint density at radius 2 is 2.28 bits per heavy atom. The van der Waals surface area contributed by atoms with Crippen LogP contribution in [-0.4, -0.2) is 33.7 Å². The Labute approximate surface area is 110 Å². The number of carboxylic acids is 1. The quantitative estimate of drug-likeness (QED) is 0.908. The van der Waals surface area contributed by atoms with Gasteiger partial charge in [-0.25, -0.2) is 4.79 Å². The Morgan fingerprint density at radius 3 is 2.89 bits per heavy atom. The van der Waals surface area contributed by atoms with Crippen LogP contribution < -0.4 is 0 Å². The summed E-state index contributed by atoms with van der Waals surface area (Å²) in [6.07, 6.45) is 0. The number of hydrogen-bond donors (Lipinski definition) is 1. The highest BCUT2D eigenvalue weighted by Gasteiger charge is 2.38. The van der Waals surface area contributed by atoms with Gasteiger partial charge in [-0.3, -0.25) is 4.79 Å². The number of aryl methyl sites for hydroxylation is 1. The Morgan fingerprint density at radius 1 is 1.56 bits per heavy atom. The number of thioether (sulfide) groups is 1. The highest BCUT2D eigenvalue weighted by molar-refractivity contribution is 8.00. The lowest BCUT2D eigenvalue weighted by Crippen LogP contribution is -2.41. The molecule has 2 rings (SSSR count). The number of carbonyl (C=O) groups is 2. The minimum absolute atomic E-state index is 0.110. The van der Waals surface area contributed by atoms with E-state index in [0.29, 0.717) is 5.75 Å². The van der Waals surface area contributed by atoms with Crippen molar-refractivity contribution >= 4 is 23.6 Å². The molecule has 0 bridgehead atoms. The van der Waals surface area contributed by atoms with Gasteiger partial charge in [0.05, 0.1) is 5.75 Å². The van der Waals surface area contributed by atoms with Crippen LogP contribution in [0.25, 0.3) is 0 Å². The van der Waals surface area contributed by atoms with Crippen molar-refractivity contribution in [3.05, 3.63) is 35.4 Å². The van der Waals surface area contributed by atoms with E-state index in [1.165, 1.54) is 16.7 Å². The van der Waals surface area contributed by atoms with E-state index in [-0.39, 0.29) is 11.3 Å². The maximum absolute atomic E-state index is 11.8. The summed E-state index contributed by atoms with van der Waals surface area (Å²) < 4.78 is 0. The van der Waals surface area contributed by atoms with Gasteiger partial charge in [-0.05, 0) is 19.4 Å². The molecule has 0 spiro atoms. The number of carboxylic acid groups (broad SMARTS) is 1. The van der Waals surface area contributed by atoms with Gasteiger partial charge in [0.1, 0.15) is 11.4 Å². The van der Waals surface area contributed by atoms with Crippen LogP contribution in [-0.2, 0) is 9.59 Å². The van der Waals surface area contributed by atoms with Crippen molar-refractivity contribution < 1.29 is 14.7 Å². The zero-order valence-corrected chi connectivity index (χ0v) is 11.1. The van der Waals surface area contributed by atoms with Crippen LogP contribution in [0.4, 0.5) is 0 Å². The number of rotatable bonds is 3.